The van der Waals surface area contributed by atoms with Crippen LogP contribution >= 0.6 is 0 Å². The van der Waals surface area contributed by atoms with Gasteiger partial charge in [-0.3, -0.25) is 4.79 Å². The Morgan fingerprint density at radius 2 is 1.61 bits per heavy atom. The van der Waals surface area contributed by atoms with Gasteiger partial charge in [0, 0.05) is 25.0 Å². The molecule has 0 radical (unpaired) electrons. The lowest BCUT2D eigenvalue weighted by Crippen LogP contribution is -2.53. The van der Waals surface area contributed by atoms with Crippen molar-refractivity contribution in [1.82, 2.24) is 10.2 Å². The van der Waals surface area contributed by atoms with Crippen LogP contribution < -0.4 is 5.32 Å². The van der Waals surface area contributed by atoms with Crippen LogP contribution in [0.3, 0.4) is 0 Å². The fraction of sp³-hybridized carbons (Fsp3) is 0.950. The normalized spacial score (nSPS) is 31.3. The van der Waals surface area contributed by atoms with Gasteiger partial charge in [0.15, 0.2) is 0 Å². The minimum atomic E-state index is 0.327. The number of hydrogen-bond donors (Lipinski definition) is 1. The summed E-state index contributed by atoms with van der Waals surface area (Å²) in [6, 6.07) is 0.521. The highest BCUT2D eigenvalue weighted by Crippen LogP contribution is 2.28. The molecule has 132 valence electrons. The molecule has 0 aromatic carbocycles. The topological polar surface area (TPSA) is 32.3 Å². The zero-order valence-corrected chi connectivity index (χ0v) is 15.1. The van der Waals surface area contributed by atoms with E-state index < -0.39 is 0 Å². The zero-order valence-electron chi connectivity index (χ0n) is 15.1. The summed E-state index contributed by atoms with van der Waals surface area (Å²) in [4.78, 5) is 15.0. The molecule has 3 aliphatic rings. The Kier molecular flexibility index (Phi) is 6.38. The van der Waals surface area contributed by atoms with Crippen molar-refractivity contribution in [3.05, 3.63) is 0 Å². The molecule has 0 aromatic rings. The Bertz CT molecular complexity index is 372. The molecule has 2 atom stereocenters. The Morgan fingerprint density at radius 1 is 0.957 bits per heavy atom. The number of piperidine rings is 1. The Morgan fingerprint density at radius 3 is 2.30 bits per heavy atom. The molecule has 0 aromatic heterocycles. The van der Waals surface area contributed by atoms with Gasteiger partial charge in [-0.1, -0.05) is 45.4 Å². The van der Waals surface area contributed by atoms with E-state index in [2.05, 4.69) is 17.1 Å². The lowest BCUT2D eigenvalue weighted by atomic mass is 9.86. The Balaban J connectivity index is 1.48. The van der Waals surface area contributed by atoms with Crippen molar-refractivity contribution >= 4 is 5.91 Å². The molecule has 2 aliphatic carbocycles. The van der Waals surface area contributed by atoms with E-state index in [9.17, 15) is 4.79 Å². The Hall–Kier alpha value is -0.570. The predicted octanol–water partition coefficient (Wildman–Crippen LogP) is 3.97. The summed E-state index contributed by atoms with van der Waals surface area (Å²) < 4.78 is 0. The molecule has 2 unspecified atom stereocenters. The fourth-order valence-electron chi connectivity index (χ4n) is 5.01. The first kappa shape index (κ1) is 17.3. The fourth-order valence-corrected chi connectivity index (χ4v) is 5.01. The molecule has 2 saturated carbocycles. The van der Waals surface area contributed by atoms with E-state index in [1.807, 2.05) is 0 Å². The van der Waals surface area contributed by atoms with Gasteiger partial charge in [0.2, 0.25) is 5.91 Å². The van der Waals surface area contributed by atoms with E-state index in [0.29, 0.717) is 23.8 Å². The van der Waals surface area contributed by atoms with Crippen LogP contribution in [0.4, 0.5) is 0 Å². The SMILES string of the molecule is CC1CC(NCC2CCCCC2)CN(C(=O)C2CCCCC2)C1. The number of amides is 1. The second-order valence-corrected chi connectivity index (χ2v) is 8.53. The average molecular weight is 321 g/mol. The smallest absolute Gasteiger partial charge is 0.225 e. The lowest BCUT2D eigenvalue weighted by molar-refractivity contribution is -0.138. The van der Waals surface area contributed by atoms with Crippen LogP contribution in [-0.2, 0) is 4.79 Å². The van der Waals surface area contributed by atoms with Crippen molar-refractivity contribution in [2.45, 2.75) is 83.6 Å². The number of nitrogens with one attached hydrogen (secondary N) is 1. The molecule has 1 amide bonds. The molecule has 3 heteroatoms. The van der Waals surface area contributed by atoms with Gasteiger partial charge in [-0.25, -0.2) is 0 Å². The molecular formula is C20H36N2O. The third-order valence-corrected chi connectivity index (χ3v) is 6.35. The summed E-state index contributed by atoms with van der Waals surface area (Å²) in [5.74, 6) is 2.30. The summed E-state index contributed by atoms with van der Waals surface area (Å²) in [6.07, 6.45) is 14.4. The maximum Gasteiger partial charge on any atom is 0.225 e. The van der Waals surface area contributed by atoms with Crippen LogP contribution in [0.15, 0.2) is 0 Å². The molecule has 23 heavy (non-hydrogen) atoms. The average Bonchev–Trinajstić information content (AvgIpc) is 2.60. The van der Waals surface area contributed by atoms with Crippen molar-refractivity contribution in [3.63, 3.8) is 0 Å². The van der Waals surface area contributed by atoms with Crippen LogP contribution in [0.25, 0.3) is 0 Å². The Labute approximate surface area is 142 Å². The standard InChI is InChI=1S/C20H36N2O/c1-16-12-19(21-13-17-8-4-2-5-9-17)15-22(14-16)20(23)18-10-6-3-7-11-18/h16-19,21H,2-15H2,1H3. The van der Waals surface area contributed by atoms with Crippen molar-refractivity contribution in [1.29, 1.82) is 0 Å². The van der Waals surface area contributed by atoms with E-state index in [-0.39, 0.29) is 0 Å². The van der Waals surface area contributed by atoms with E-state index >= 15 is 0 Å². The van der Waals surface area contributed by atoms with Crippen LogP contribution in [0.5, 0.6) is 0 Å². The van der Waals surface area contributed by atoms with Gasteiger partial charge < -0.3 is 10.2 Å². The monoisotopic (exact) mass is 320 g/mol. The van der Waals surface area contributed by atoms with Gasteiger partial charge in [-0.05, 0) is 50.5 Å². The molecule has 0 bridgehead atoms. The van der Waals surface area contributed by atoms with Crippen LogP contribution in [0, 0.1) is 17.8 Å². The highest BCUT2D eigenvalue weighted by atomic mass is 16.2. The maximum absolute atomic E-state index is 12.8. The van der Waals surface area contributed by atoms with Crippen molar-refractivity contribution in [2.75, 3.05) is 19.6 Å². The minimum absolute atomic E-state index is 0.327. The number of likely N-dealkylation sites (tertiary alicyclic amines) is 1. The van der Waals surface area contributed by atoms with Gasteiger partial charge in [-0.2, -0.15) is 0 Å². The van der Waals surface area contributed by atoms with Gasteiger partial charge >= 0.3 is 0 Å². The molecule has 3 nitrogen and oxygen atoms in total. The number of rotatable bonds is 4. The quantitative estimate of drug-likeness (QED) is 0.850. The summed E-state index contributed by atoms with van der Waals surface area (Å²) >= 11 is 0. The molecule has 1 aliphatic heterocycles. The third-order valence-electron chi connectivity index (χ3n) is 6.35. The molecule has 0 spiro atoms. The second kappa shape index (κ2) is 8.50. The number of carbonyl (C=O) groups excluding carboxylic acids is 1. The van der Waals surface area contributed by atoms with Gasteiger partial charge in [0.05, 0.1) is 0 Å². The zero-order chi connectivity index (χ0) is 16.1. The van der Waals surface area contributed by atoms with Crippen molar-refractivity contribution < 1.29 is 4.79 Å². The van der Waals surface area contributed by atoms with E-state index in [4.69, 9.17) is 0 Å². The highest BCUT2D eigenvalue weighted by molar-refractivity contribution is 5.79. The minimum Gasteiger partial charge on any atom is -0.341 e. The molecule has 3 fully saturated rings. The van der Waals surface area contributed by atoms with Crippen LogP contribution in [0.2, 0.25) is 0 Å². The summed E-state index contributed by atoms with van der Waals surface area (Å²) in [5, 5.41) is 3.82. The predicted molar refractivity (Wildman–Crippen MR) is 95.3 cm³/mol. The summed E-state index contributed by atoms with van der Waals surface area (Å²) in [6.45, 7) is 5.42. The molecule has 3 rings (SSSR count). The largest absolute Gasteiger partial charge is 0.341 e. The lowest BCUT2D eigenvalue weighted by Gasteiger charge is -2.39. The van der Waals surface area contributed by atoms with Crippen molar-refractivity contribution in [2.24, 2.45) is 17.8 Å². The molecular weight excluding hydrogens is 284 g/mol. The molecule has 1 heterocycles. The van der Waals surface area contributed by atoms with E-state index in [0.717, 1.165) is 31.8 Å². The van der Waals surface area contributed by atoms with Crippen LogP contribution in [0.1, 0.15) is 77.6 Å². The van der Waals surface area contributed by atoms with Crippen LogP contribution in [-0.4, -0.2) is 36.5 Å². The second-order valence-electron chi connectivity index (χ2n) is 8.53. The molecule has 1 saturated heterocycles. The first-order chi connectivity index (χ1) is 11.2. The highest BCUT2D eigenvalue weighted by Gasteiger charge is 2.32. The first-order valence-corrected chi connectivity index (χ1v) is 10.2. The van der Waals surface area contributed by atoms with Crippen molar-refractivity contribution in [3.8, 4) is 0 Å². The van der Waals surface area contributed by atoms with E-state index in [1.165, 1.54) is 64.3 Å². The van der Waals surface area contributed by atoms with Gasteiger partial charge in [-0.15, -0.1) is 0 Å². The molecule has 1 N–H and O–H groups in total. The number of carbonyl (C=O) groups is 1. The van der Waals surface area contributed by atoms with Gasteiger partial charge in [0.1, 0.15) is 0 Å². The van der Waals surface area contributed by atoms with Gasteiger partial charge in [0.25, 0.3) is 0 Å². The number of hydrogen-bond acceptors (Lipinski definition) is 2. The summed E-state index contributed by atoms with van der Waals surface area (Å²) in [5.41, 5.74) is 0. The third kappa shape index (κ3) is 4.95. The van der Waals surface area contributed by atoms with E-state index in [1.54, 1.807) is 0 Å². The maximum atomic E-state index is 12.8. The summed E-state index contributed by atoms with van der Waals surface area (Å²) in [7, 11) is 0. The first-order valence-electron chi connectivity index (χ1n) is 10.2. The number of nitrogens with zero attached hydrogens (tertiary/aromatic N) is 1.